The minimum Gasteiger partial charge on any atom is -0.459 e. The summed E-state index contributed by atoms with van der Waals surface area (Å²) >= 11 is 0. The first kappa shape index (κ1) is 18.7. The maximum Gasteiger partial charge on any atom is 0.286 e. The number of hydrogen-bond donors (Lipinski definition) is 2. The van der Waals surface area contributed by atoms with Crippen LogP contribution in [0, 0.1) is 0 Å². The van der Waals surface area contributed by atoms with E-state index in [-0.39, 0.29) is 42.5 Å². The highest BCUT2D eigenvalue weighted by atomic mass is 16.3. The Morgan fingerprint density at radius 1 is 1.30 bits per heavy atom. The number of amides is 3. The number of carbonyl (C=O) groups is 3. The van der Waals surface area contributed by atoms with Gasteiger partial charge in [0.05, 0.1) is 12.8 Å². The summed E-state index contributed by atoms with van der Waals surface area (Å²) in [4.78, 5) is 36.9. The summed E-state index contributed by atoms with van der Waals surface area (Å²) in [7, 11) is 0. The molecule has 0 aliphatic carbocycles. The fraction of sp³-hybridized carbons (Fsp3) is 0.562. The van der Waals surface area contributed by atoms with Gasteiger partial charge in [-0.05, 0) is 39.3 Å². The fourth-order valence-electron chi connectivity index (χ4n) is 2.01. The van der Waals surface area contributed by atoms with Crippen LogP contribution in [0.25, 0.3) is 0 Å². The van der Waals surface area contributed by atoms with Gasteiger partial charge in [0, 0.05) is 25.6 Å². The normalized spacial score (nSPS) is 10.4. The molecule has 1 aromatic heterocycles. The lowest BCUT2D eigenvalue weighted by Crippen LogP contribution is -2.42. The minimum atomic E-state index is -0.300. The van der Waals surface area contributed by atoms with E-state index in [2.05, 4.69) is 10.6 Å². The van der Waals surface area contributed by atoms with Gasteiger partial charge < -0.3 is 20.0 Å². The molecule has 0 fully saturated rings. The molecule has 0 saturated heterocycles. The summed E-state index contributed by atoms with van der Waals surface area (Å²) in [6.07, 6.45) is 2.22. The van der Waals surface area contributed by atoms with Gasteiger partial charge in [-0.25, -0.2) is 0 Å². The van der Waals surface area contributed by atoms with E-state index in [0.717, 1.165) is 0 Å². The molecule has 0 aliphatic rings. The largest absolute Gasteiger partial charge is 0.459 e. The molecule has 0 bridgehead atoms. The Hall–Kier alpha value is -2.31. The molecular formula is C16H25N3O4. The summed E-state index contributed by atoms with van der Waals surface area (Å²) in [5.74, 6) is -0.317. The first-order valence-electron chi connectivity index (χ1n) is 7.82. The predicted octanol–water partition coefficient (Wildman–Crippen LogP) is 1.16. The topological polar surface area (TPSA) is 91.7 Å². The van der Waals surface area contributed by atoms with Crippen molar-refractivity contribution in [2.24, 2.45) is 0 Å². The molecule has 1 rings (SSSR count). The van der Waals surface area contributed by atoms with Crippen LogP contribution < -0.4 is 10.6 Å². The van der Waals surface area contributed by atoms with Crippen molar-refractivity contribution in [3.05, 3.63) is 24.2 Å². The van der Waals surface area contributed by atoms with Crippen LogP contribution in [-0.4, -0.2) is 48.3 Å². The standard InChI is InChI=1S/C16H25N3O4/c1-4-19(11-14(20)18-12(2)3)15(21)8-5-9-17-16(22)13-7-6-10-23-13/h6-7,10,12H,4-5,8-9,11H2,1-3H3,(H,17,22)(H,18,20). The van der Waals surface area contributed by atoms with Gasteiger partial charge in [-0.2, -0.15) is 0 Å². The Labute approximate surface area is 136 Å². The number of carbonyl (C=O) groups excluding carboxylic acids is 3. The first-order valence-corrected chi connectivity index (χ1v) is 7.82. The quantitative estimate of drug-likeness (QED) is 0.667. The molecule has 7 heteroatoms. The lowest BCUT2D eigenvalue weighted by atomic mass is 10.2. The lowest BCUT2D eigenvalue weighted by Gasteiger charge is -2.21. The van der Waals surface area contributed by atoms with Gasteiger partial charge >= 0.3 is 0 Å². The highest BCUT2D eigenvalue weighted by Gasteiger charge is 2.16. The fourth-order valence-corrected chi connectivity index (χ4v) is 2.01. The smallest absolute Gasteiger partial charge is 0.286 e. The number of hydrogen-bond acceptors (Lipinski definition) is 4. The first-order chi connectivity index (χ1) is 10.9. The van der Waals surface area contributed by atoms with Gasteiger partial charge in [-0.15, -0.1) is 0 Å². The van der Waals surface area contributed by atoms with Crippen LogP contribution in [-0.2, 0) is 9.59 Å². The average Bonchev–Trinajstić information content (AvgIpc) is 3.02. The van der Waals surface area contributed by atoms with E-state index in [1.807, 2.05) is 20.8 Å². The molecule has 128 valence electrons. The maximum absolute atomic E-state index is 12.1. The van der Waals surface area contributed by atoms with E-state index in [9.17, 15) is 14.4 Å². The molecule has 1 aromatic rings. The minimum absolute atomic E-state index is 0.0492. The van der Waals surface area contributed by atoms with Crippen LogP contribution in [0.4, 0.5) is 0 Å². The zero-order chi connectivity index (χ0) is 17.2. The van der Waals surface area contributed by atoms with Crippen molar-refractivity contribution in [1.29, 1.82) is 0 Å². The molecule has 0 unspecified atom stereocenters. The molecule has 0 radical (unpaired) electrons. The molecule has 3 amide bonds. The molecule has 23 heavy (non-hydrogen) atoms. The van der Waals surface area contributed by atoms with Crippen molar-refractivity contribution in [1.82, 2.24) is 15.5 Å². The zero-order valence-electron chi connectivity index (χ0n) is 13.9. The van der Waals surface area contributed by atoms with Crippen LogP contribution >= 0.6 is 0 Å². The zero-order valence-corrected chi connectivity index (χ0v) is 13.9. The second-order valence-electron chi connectivity index (χ2n) is 5.47. The molecule has 0 aliphatic heterocycles. The van der Waals surface area contributed by atoms with Crippen LogP contribution in [0.1, 0.15) is 44.2 Å². The monoisotopic (exact) mass is 323 g/mol. The summed E-state index contributed by atoms with van der Waals surface area (Å²) in [6.45, 7) is 6.49. The highest BCUT2D eigenvalue weighted by molar-refractivity contribution is 5.91. The van der Waals surface area contributed by atoms with Crippen LogP contribution in [0.3, 0.4) is 0 Å². The van der Waals surface area contributed by atoms with E-state index in [1.54, 1.807) is 12.1 Å². The van der Waals surface area contributed by atoms with E-state index in [0.29, 0.717) is 19.5 Å². The van der Waals surface area contributed by atoms with Gasteiger partial charge in [-0.3, -0.25) is 14.4 Å². The second-order valence-corrected chi connectivity index (χ2v) is 5.47. The van der Waals surface area contributed by atoms with Crippen molar-refractivity contribution in [3.8, 4) is 0 Å². The van der Waals surface area contributed by atoms with Gasteiger partial charge in [0.15, 0.2) is 5.76 Å². The van der Waals surface area contributed by atoms with Gasteiger partial charge in [0.1, 0.15) is 0 Å². The van der Waals surface area contributed by atoms with Crippen LogP contribution in [0.2, 0.25) is 0 Å². The summed E-state index contributed by atoms with van der Waals surface area (Å²) < 4.78 is 4.97. The average molecular weight is 323 g/mol. The van der Waals surface area contributed by atoms with Crippen LogP contribution in [0.15, 0.2) is 22.8 Å². The number of rotatable bonds is 9. The Balaban J connectivity index is 2.28. The molecule has 1 heterocycles. The number of furan rings is 1. The summed E-state index contributed by atoms with van der Waals surface area (Å²) in [5, 5.41) is 5.44. The van der Waals surface area contributed by atoms with Gasteiger partial charge in [0.2, 0.25) is 11.8 Å². The third-order valence-electron chi connectivity index (χ3n) is 3.12. The van der Waals surface area contributed by atoms with Gasteiger partial charge in [-0.1, -0.05) is 0 Å². The second kappa shape index (κ2) is 9.66. The van der Waals surface area contributed by atoms with Crippen molar-refractivity contribution < 1.29 is 18.8 Å². The summed E-state index contributed by atoms with van der Waals surface area (Å²) in [6, 6.07) is 3.26. The van der Waals surface area contributed by atoms with E-state index >= 15 is 0 Å². The molecule has 2 N–H and O–H groups in total. The molecule has 0 atom stereocenters. The Morgan fingerprint density at radius 2 is 2.04 bits per heavy atom. The molecule has 7 nitrogen and oxygen atoms in total. The summed E-state index contributed by atoms with van der Waals surface area (Å²) in [5.41, 5.74) is 0. The molecular weight excluding hydrogens is 298 g/mol. The van der Waals surface area contributed by atoms with Crippen LogP contribution in [0.5, 0.6) is 0 Å². The van der Waals surface area contributed by atoms with Crippen molar-refractivity contribution in [2.45, 2.75) is 39.7 Å². The van der Waals surface area contributed by atoms with Crippen molar-refractivity contribution in [2.75, 3.05) is 19.6 Å². The number of likely N-dealkylation sites (N-methyl/N-ethyl adjacent to an activating group) is 1. The highest BCUT2D eigenvalue weighted by Crippen LogP contribution is 2.01. The van der Waals surface area contributed by atoms with Crippen molar-refractivity contribution in [3.63, 3.8) is 0 Å². The number of nitrogens with one attached hydrogen (secondary N) is 2. The van der Waals surface area contributed by atoms with Crippen molar-refractivity contribution >= 4 is 17.7 Å². The molecule has 0 spiro atoms. The Kier molecular flexibility index (Phi) is 7.87. The lowest BCUT2D eigenvalue weighted by molar-refractivity contribution is -0.136. The molecule has 0 saturated carbocycles. The van der Waals surface area contributed by atoms with E-state index in [4.69, 9.17) is 4.42 Å². The van der Waals surface area contributed by atoms with E-state index < -0.39 is 0 Å². The SMILES string of the molecule is CCN(CC(=O)NC(C)C)C(=O)CCCNC(=O)c1ccco1. The third kappa shape index (κ3) is 6.99. The van der Waals surface area contributed by atoms with Gasteiger partial charge in [0.25, 0.3) is 5.91 Å². The Morgan fingerprint density at radius 3 is 2.61 bits per heavy atom. The molecule has 0 aromatic carbocycles. The Bertz CT molecular complexity index is 511. The third-order valence-corrected chi connectivity index (χ3v) is 3.12. The number of nitrogens with zero attached hydrogens (tertiary/aromatic N) is 1. The predicted molar refractivity (Wildman–Crippen MR) is 85.8 cm³/mol. The van der Waals surface area contributed by atoms with E-state index in [1.165, 1.54) is 11.2 Å². The maximum atomic E-state index is 12.1.